The molecule has 30 heavy (non-hydrogen) atoms. The van der Waals surface area contributed by atoms with Gasteiger partial charge in [0.1, 0.15) is 0 Å². The van der Waals surface area contributed by atoms with Crippen LogP contribution in [0.5, 0.6) is 0 Å². The molecule has 0 aliphatic carbocycles. The maximum Gasteiger partial charge on any atom is 0.254 e. The number of aromatic nitrogens is 2. The topological polar surface area (TPSA) is 84.0 Å². The van der Waals surface area contributed by atoms with Gasteiger partial charge in [0.25, 0.3) is 17.0 Å². The van der Waals surface area contributed by atoms with E-state index in [2.05, 4.69) is 10.3 Å². The first kappa shape index (κ1) is 21.3. The van der Waals surface area contributed by atoms with Crippen LogP contribution in [0, 0.1) is 27.7 Å². The number of nitrogens with zero attached hydrogens (tertiary/aromatic N) is 1. The first-order valence-electron chi connectivity index (χ1n) is 9.95. The van der Waals surface area contributed by atoms with Crippen molar-refractivity contribution in [3.05, 3.63) is 102 Å². The van der Waals surface area contributed by atoms with Gasteiger partial charge in [-0.25, -0.2) is 0 Å². The predicted molar refractivity (Wildman–Crippen MR) is 118 cm³/mol. The largest absolute Gasteiger partial charge is 0.348 e. The van der Waals surface area contributed by atoms with Crippen molar-refractivity contribution in [2.24, 2.45) is 0 Å². The summed E-state index contributed by atoms with van der Waals surface area (Å²) in [6.45, 7) is 9.20. The molecular weight excluding hydrogens is 378 g/mol. The molecule has 0 unspecified atom stereocenters. The first-order chi connectivity index (χ1) is 14.2. The van der Waals surface area contributed by atoms with E-state index in [1.165, 1.54) is 0 Å². The van der Waals surface area contributed by atoms with Gasteiger partial charge in [-0.15, -0.1) is 0 Å². The Morgan fingerprint density at radius 3 is 2.37 bits per heavy atom. The fourth-order valence-corrected chi connectivity index (χ4v) is 3.82. The summed E-state index contributed by atoms with van der Waals surface area (Å²) in [6.07, 6.45) is 1.73. The molecule has 0 aliphatic rings. The van der Waals surface area contributed by atoms with Gasteiger partial charge in [-0.3, -0.25) is 14.4 Å². The number of nitrogens with one attached hydrogen (secondary N) is 2. The minimum absolute atomic E-state index is 0.0999. The average molecular weight is 405 g/mol. The van der Waals surface area contributed by atoms with E-state index in [0.29, 0.717) is 22.3 Å². The number of rotatable bonds is 5. The quantitative estimate of drug-likeness (QED) is 0.683. The van der Waals surface area contributed by atoms with E-state index in [1.807, 2.05) is 64.1 Å². The lowest BCUT2D eigenvalue weighted by Gasteiger charge is -2.19. The van der Waals surface area contributed by atoms with Gasteiger partial charge in [0.2, 0.25) is 0 Å². The maximum absolute atomic E-state index is 13.0. The number of carbonyl (C=O) groups excluding carboxylic acids is 1. The van der Waals surface area contributed by atoms with Crippen molar-refractivity contribution in [3.8, 4) is 0 Å². The van der Waals surface area contributed by atoms with Gasteiger partial charge in [-0.1, -0.05) is 30.3 Å². The van der Waals surface area contributed by atoms with Crippen LogP contribution in [-0.2, 0) is 6.54 Å². The van der Waals surface area contributed by atoms with Crippen LogP contribution in [0.15, 0.2) is 52.2 Å². The fraction of sp³-hybridized carbons (Fsp3) is 0.292. The second-order valence-corrected chi connectivity index (χ2v) is 7.74. The number of benzene rings is 1. The number of hydrogen-bond donors (Lipinski definition) is 2. The highest BCUT2D eigenvalue weighted by atomic mass is 16.2. The summed E-state index contributed by atoms with van der Waals surface area (Å²) < 4.78 is 1.66. The highest BCUT2D eigenvalue weighted by Gasteiger charge is 2.20. The van der Waals surface area contributed by atoms with Gasteiger partial charge in [0.15, 0.2) is 0 Å². The summed E-state index contributed by atoms with van der Waals surface area (Å²) >= 11 is 0. The van der Waals surface area contributed by atoms with Gasteiger partial charge in [0, 0.05) is 29.6 Å². The Morgan fingerprint density at radius 1 is 1.07 bits per heavy atom. The Balaban J connectivity index is 1.90. The molecule has 3 rings (SSSR count). The lowest BCUT2D eigenvalue weighted by atomic mass is 10.0. The molecule has 1 atom stereocenters. The van der Waals surface area contributed by atoms with Crippen LogP contribution >= 0.6 is 0 Å². The zero-order valence-corrected chi connectivity index (χ0v) is 18.0. The molecule has 0 aliphatic heterocycles. The molecule has 6 heteroatoms. The van der Waals surface area contributed by atoms with E-state index in [-0.39, 0.29) is 29.6 Å². The Bertz CT molecular complexity index is 1210. The Morgan fingerprint density at radius 2 is 1.73 bits per heavy atom. The van der Waals surface area contributed by atoms with E-state index in [0.717, 1.165) is 16.8 Å². The van der Waals surface area contributed by atoms with Gasteiger partial charge < -0.3 is 14.9 Å². The molecule has 156 valence electrons. The second-order valence-electron chi connectivity index (χ2n) is 7.74. The van der Waals surface area contributed by atoms with E-state index in [9.17, 15) is 14.4 Å². The van der Waals surface area contributed by atoms with E-state index >= 15 is 0 Å². The molecule has 0 fully saturated rings. The Labute approximate surface area is 175 Å². The Kier molecular flexibility index (Phi) is 6.06. The first-order valence-corrected chi connectivity index (χ1v) is 9.95. The van der Waals surface area contributed by atoms with Gasteiger partial charge >= 0.3 is 0 Å². The van der Waals surface area contributed by atoms with Crippen molar-refractivity contribution in [1.82, 2.24) is 14.9 Å². The van der Waals surface area contributed by atoms with Crippen LogP contribution < -0.4 is 16.4 Å². The molecule has 1 aromatic carbocycles. The molecule has 0 radical (unpaired) electrons. The number of amides is 1. The predicted octanol–water partition coefficient (Wildman–Crippen LogP) is 3.31. The summed E-state index contributed by atoms with van der Waals surface area (Å²) in [5.41, 5.74) is 4.16. The molecular formula is C24H27N3O3. The molecule has 2 N–H and O–H groups in total. The van der Waals surface area contributed by atoms with E-state index in [4.69, 9.17) is 0 Å². The van der Waals surface area contributed by atoms with Crippen molar-refractivity contribution in [2.45, 2.75) is 47.2 Å². The monoisotopic (exact) mass is 405 g/mol. The summed E-state index contributed by atoms with van der Waals surface area (Å²) in [5.74, 6) is -0.360. The maximum atomic E-state index is 13.0. The standard InChI is InChI=1S/C24H27N3O3/c1-14-11-16(3)26-22(28)20(14)12-25-23(29)21-15(2)13-27(24(30)17(21)4)18(5)19-9-7-6-8-10-19/h6-11,13,18H,12H2,1-5H3,(H,25,29)(H,26,28)/t18-/m0/s1. The third-order valence-electron chi connectivity index (χ3n) is 5.50. The van der Waals surface area contributed by atoms with Crippen LogP contribution in [0.4, 0.5) is 0 Å². The molecule has 2 heterocycles. The average Bonchev–Trinajstić information content (AvgIpc) is 2.70. The number of hydrogen-bond acceptors (Lipinski definition) is 3. The highest BCUT2D eigenvalue weighted by molar-refractivity contribution is 5.96. The Hall–Kier alpha value is -3.41. The minimum atomic E-state index is -0.360. The highest BCUT2D eigenvalue weighted by Crippen LogP contribution is 2.19. The van der Waals surface area contributed by atoms with E-state index in [1.54, 1.807) is 17.7 Å². The number of H-pyrrole nitrogens is 1. The molecule has 0 spiro atoms. The normalized spacial score (nSPS) is 11.9. The minimum Gasteiger partial charge on any atom is -0.348 e. The van der Waals surface area contributed by atoms with Gasteiger partial charge in [-0.2, -0.15) is 0 Å². The van der Waals surface area contributed by atoms with Crippen molar-refractivity contribution in [3.63, 3.8) is 0 Å². The van der Waals surface area contributed by atoms with Crippen LogP contribution in [-0.4, -0.2) is 15.5 Å². The molecule has 2 aromatic heterocycles. The zero-order chi connectivity index (χ0) is 22.0. The molecule has 3 aromatic rings. The lowest BCUT2D eigenvalue weighted by Crippen LogP contribution is -2.33. The van der Waals surface area contributed by atoms with Gasteiger partial charge in [0.05, 0.1) is 11.6 Å². The van der Waals surface area contributed by atoms with Crippen LogP contribution in [0.3, 0.4) is 0 Å². The van der Waals surface area contributed by atoms with Crippen molar-refractivity contribution < 1.29 is 4.79 Å². The number of aromatic amines is 1. The van der Waals surface area contributed by atoms with E-state index < -0.39 is 0 Å². The summed E-state index contributed by atoms with van der Waals surface area (Å²) in [5, 5.41) is 2.80. The molecule has 0 saturated carbocycles. The fourth-order valence-electron chi connectivity index (χ4n) is 3.82. The van der Waals surface area contributed by atoms with Crippen molar-refractivity contribution in [2.75, 3.05) is 0 Å². The van der Waals surface area contributed by atoms with Crippen LogP contribution in [0.2, 0.25) is 0 Å². The molecule has 0 bridgehead atoms. The molecule has 1 amide bonds. The summed E-state index contributed by atoms with van der Waals surface area (Å²) in [6, 6.07) is 11.5. The summed E-state index contributed by atoms with van der Waals surface area (Å²) in [4.78, 5) is 40.8. The van der Waals surface area contributed by atoms with Crippen LogP contribution in [0.25, 0.3) is 0 Å². The third-order valence-corrected chi connectivity index (χ3v) is 5.50. The SMILES string of the molecule is Cc1cc(C)c(CNC(=O)c2c(C)cn([C@@H](C)c3ccccc3)c(=O)c2C)c(=O)[nH]1. The molecule has 0 saturated heterocycles. The zero-order valence-electron chi connectivity index (χ0n) is 18.0. The van der Waals surface area contributed by atoms with Gasteiger partial charge in [-0.05, 0) is 57.4 Å². The van der Waals surface area contributed by atoms with Crippen LogP contribution in [0.1, 0.15) is 56.8 Å². The number of carbonyl (C=O) groups is 1. The van der Waals surface area contributed by atoms with Crippen molar-refractivity contribution in [1.29, 1.82) is 0 Å². The third kappa shape index (κ3) is 4.13. The summed E-state index contributed by atoms with van der Waals surface area (Å²) in [7, 11) is 0. The number of pyridine rings is 2. The van der Waals surface area contributed by atoms with Crippen molar-refractivity contribution >= 4 is 5.91 Å². The number of aryl methyl sites for hydroxylation is 3. The second kappa shape index (κ2) is 8.53. The lowest BCUT2D eigenvalue weighted by molar-refractivity contribution is 0.0949. The molecule has 6 nitrogen and oxygen atoms in total. The smallest absolute Gasteiger partial charge is 0.254 e.